The van der Waals surface area contributed by atoms with Crippen molar-refractivity contribution < 1.29 is 5.11 Å². The number of aromatic nitrogens is 1. The number of pyridine rings is 1. The summed E-state index contributed by atoms with van der Waals surface area (Å²) in [5, 5.41) is 9.49. The van der Waals surface area contributed by atoms with E-state index in [1.54, 1.807) is 32.2 Å². The number of nitrogens with two attached hydrogens (primary N) is 1. The first-order chi connectivity index (χ1) is 6.40. The van der Waals surface area contributed by atoms with E-state index >= 15 is 0 Å². The fourth-order valence-electron chi connectivity index (χ4n) is 1.13. The van der Waals surface area contributed by atoms with Crippen molar-refractivity contribution in [1.29, 1.82) is 0 Å². The van der Waals surface area contributed by atoms with Crippen LogP contribution in [0.5, 0.6) is 0 Å². The zero-order valence-electron chi connectivity index (χ0n) is 8.53. The van der Waals surface area contributed by atoms with Crippen LogP contribution < -0.4 is 11.3 Å². The molecule has 4 nitrogen and oxygen atoms in total. The van der Waals surface area contributed by atoms with Gasteiger partial charge in [-0.25, -0.2) is 0 Å². The van der Waals surface area contributed by atoms with Gasteiger partial charge in [-0.3, -0.25) is 4.79 Å². The smallest absolute Gasteiger partial charge is 0.273 e. The number of aryl methyl sites for hydroxylation is 1. The molecule has 1 aromatic rings. The van der Waals surface area contributed by atoms with E-state index in [4.69, 9.17) is 5.73 Å². The van der Waals surface area contributed by atoms with Crippen molar-refractivity contribution in [2.45, 2.75) is 32.4 Å². The molecule has 0 aliphatic heterocycles. The molecule has 0 aromatic carbocycles. The van der Waals surface area contributed by atoms with E-state index in [1.165, 1.54) is 4.57 Å². The van der Waals surface area contributed by atoms with Gasteiger partial charge in [0.15, 0.2) is 0 Å². The Morgan fingerprint density at radius 3 is 2.79 bits per heavy atom. The van der Waals surface area contributed by atoms with Crippen LogP contribution >= 0.6 is 0 Å². The summed E-state index contributed by atoms with van der Waals surface area (Å²) in [6.07, 6.45) is 2.20. The van der Waals surface area contributed by atoms with Crippen molar-refractivity contribution in [3.8, 4) is 0 Å². The molecule has 0 bridgehead atoms. The number of aliphatic hydroxyl groups is 1. The summed E-state index contributed by atoms with van der Waals surface area (Å²) < 4.78 is 1.51. The summed E-state index contributed by atoms with van der Waals surface area (Å²) in [4.78, 5) is 11.4. The number of nitrogen functional groups attached to an aromatic ring is 1. The second-order valence-electron chi connectivity index (χ2n) is 4.02. The molecule has 0 unspecified atom stereocenters. The molecule has 0 spiro atoms. The maximum absolute atomic E-state index is 11.4. The molecule has 0 saturated carbocycles. The van der Waals surface area contributed by atoms with E-state index in [9.17, 15) is 9.90 Å². The van der Waals surface area contributed by atoms with Gasteiger partial charge in [-0.2, -0.15) is 0 Å². The van der Waals surface area contributed by atoms with Gasteiger partial charge in [0.1, 0.15) is 0 Å². The van der Waals surface area contributed by atoms with Gasteiger partial charge in [-0.15, -0.1) is 0 Å². The van der Waals surface area contributed by atoms with Crippen LogP contribution in [0.3, 0.4) is 0 Å². The molecule has 0 radical (unpaired) electrons. The summed E-state index contributed by atoms with van der Waals surface area (Å²) in [6.45, 7) is 3.90. The molecule has 0 amide bonds. The average Bonchev–Trinajstić information content (AvgIpc) is 2.06. The van der Waals surface area contributed by atoms with Crippen molar-refractivity contribution in [2.75, 3.05) is 5.73 Å². The van der Waals surface area contributed by atoms with Crippen LogP contribution in [0.2, 0.25) is 0 Å². The predicted molar refractivity (Wildman–Crippen MR) is 56.0 cm³/mol. The molecule has 1 heterocycles. The van der Waals surface area contributed by atoms with E-state index in [1.807, 2.05) is 0 Å². The predicted octanol–water partition coefficient (Wildman–Crippen LogP) is 0.592. The van der Waals surface area contributed by atoms with Gasteiger partial charge in [0.05, 0.1) is 11.3 Å². The van der Waals surface area contributed by atoms with Crippen molar-refractivity contribution in [2.24, 2.45) is 0 Å². The van der Waals surface area contributed by atoms with Crippen LogP contribution in [0.4, 0.5) is 5.69 Å². The quantitative estimate of drug-likeness (QED) is 0.743. The summed E-state index contributed by atoms with van der Waals surface area (Å²) in [5.74, 6) is 0. The van der Waals surface area contributed by atoms with Crippen LogP contribution in [0, 0.1) is 0 Å². The molecule has 14 heavy (non-hydrogen) atoms. The van der Waals surface area contributed by atoms with Crippen molar-refractivity contribution in [3.05, 3.63) is 28.7 Å². The Bertz CT molecular complexity index is 363. The average molecular weight is 196 g/mol. The second kappa shape index (κ2) is 3.84. The summed E-state index contributed by atoms with van der Waals surface area (Å²) in [6, 6.07) is 3.30. The Morgan fingerprint density at radius 2 is 2.21 bits per heavy atom. The minimum Gasteiger partial charge on any atom is -0.394 e. The highest BCUT2D eigenvalue weighted by atomic mass is 16.3. The van der Waals surface area contributed by atoms with Gasteiger partial charge in [0, 0.05) is 12.7 Å². The Balaban J connectivity index is 2.78. The standard InChI is InChI=1S/C10H16N2O2/c1-10(2,14)5-7-12-6-3-4-8(11)9(12)13/h3-4,6,14H,5,7,11H2,1-2H3. The molecule has 0 atom stereocenters. The molecule has 3 N–H and O–H groups in total. The number of anilines is 1. The molecule has 0 saturated heterocycles. The summed E-state index contributed by atoms with van der Waals surface area (Å²) in [7, 11) is 0. The first-order valence-electron chi connectivity index (χ1n) is 4.57. The minimum absolute atomic E-state index is 0.197. The van der Waals surface area contributed by atoms with E-state index in [0.29, 0.717) is 13.0 Å². The topological polar surface area (TPSA) is 68.2 Å². The van der Waals surface area contributed by atoms with Crippen molar-refractivity contribution in [1.82, 2.24) is 4.57 Å². The van der Waals surface area contributed by atoms with Crippen molar-refractivity contribution in [3.63, 3.8) is 0 Å². The minimum atomic E-state index is -0.760. The number of rotatable bonds is 3. The normalized spacial score (nSPS) is 11.6. The second-order valence-corrected chi connectivity index (χ2v) is 4.02. The molecule has 1 rings (SSSR count). The van der Waals surface area contributed by atoms with Gasteiger partial charge in [-0.1, -0.05) is 0 Å². The van der Waals surface area contributed by atoms with Gasteiger partial charge < -0.3 is 15.4 Å². The van der Waals surface area contributed by atoms with E-state index in [2.05, 4.69) is 0 Å². The third-order valence-corrected chi connectivity index (χ3v) is 2.01. The number of nitrogens with zero attached hydrogens (tertiary/aromatic N) is 1. The van der Waals surface area contributed by atoms with E-state index in [-0.39, 0.29) is 11.2 Å². The van der Waals surface area contributed by atoms with Crippen LogP contribution in [-0.2, 0) is 6.54 Å². The third-order valence-electron chi connectivity index (χ3n) is 2.01. The molecular formula is C10H16N2O2. The van der Waals surface area contributed by atoms with E-state index < -0.39 is 5.60 Å². The molecule has 78 valence electrons. The monoisotopic (exact) mass is 196 g/mol. The maximum atomic E-state index is 11.4. The lowest BCUT2D eigenvalue weighted by Gasteiger charge is -2.17. The van der Waals surface area contributed by atoms with Gasteiger partial charge in [0.2, 0.25) is 0 Å². The highest BCUT2D eigenvalue weighted by molar-refractivity contribution is 5.33. The van der Waals surface area contributed by atoms with Crippen molar-refractivity contribution >= 4 is 5.69 Å². The maximum Gasteiger partial charge on any atom is 0.273 e. The Hall–Kier alpha value is -1.29. The fraction of sp³-hybridized carbons (Fsp3) is 0.500. The fourth-order valence-corrected chi connectivity index (χ4v) is 1.13. The van der Waals surface area contributed by atoms with E-state index in [0.717, 1.165) is 0 Å². The molecule has 1 aromatic heterocycles. The third kappa shape index (κ3) is 2.88. The highest BCUT2D eigenvalue weighted by Gasteiger charge is 2.12. The first kappa shape index (κ1) is 10.8. The zero-order chi connectivity index (χ0) is 10.8. The Labute approximate surface area is 83.0 Å². The van der Waals surface area contributed by atoms with Crippen LogP contribution in [0.15, 0.2) is 23.1 Å². The van der Waals surface area contributed by atoms with Gasteiger partial charge >= 0.3 is 0 Å². The lowest BCUT2D eigenvalue weighted by Crippen LogP contribution is -2.27. The largest absolute Gasteiger partial charge is 0.394 e. The number of hydrogen-bond donors (Lipinski definition) is 2. The summed E-state index contributed by atoms with van der Waals surface area (Å²) >= 11 is 0. The van der Waals surface area contributed by atoms with Crippen LogP contribution in [-0.4, -0.2) is 15.3 Å². The highest BCUT2D eigenvalue weighted by Crippen LogP contribution is 2.08. The molecule has 0 fully saturated rings. The molecular weight excluding hydrogens is 180 g/mol. The molecule has 0 aliphatic carbocycles. The lowest BCUT2D eigenvalue weighted by atomic mass is 10.1. The molecule has 4 heteroatoms. The number of hydrogen-bond acceptors (Lipinski definition) is 3. The van der Waals surface area contributed by atoms with Crippen LogP contribution in [0.1, 0.15) is 20.3 Å². The molecule has 0 aliphatic rings. The SMILES string of the molecule is CC(C)(O)CCn1cccc(N)c1=O. The first-order valence-corrected chi connectivity index (χ1v) is 4.57. The lowest BCUT2D eigenvalue weighted by molar-refractivity contribution is 0.0659. The zero-order valence-corrected chi connectivity index (χ0v) is 8.53. The van der Waals surface area contributed by atoms with Crippen LogP contribution in [0.25, 0.3) is 0 Å². The van der Waals surface area contributed by atoms with Gasteiger partial charge in [-0.05, 0) is 32.4 Å². The Kier molecular flexibility index (Phi) is 2.96. The summed E-state index contributed by atoms with van der Waals surface area (Å²) in [5.41, 5.74) is 4.75. The Morgan fingerprint density at radius 1 is 1.57 bits per heavy atom. The van der Waals surface area contributed by atoms with Gasteiger partial charge in [0.25, 0.3) is 5.56 Å².